The summed E-state index contributed by atoms with van der Waals surface area (Å²) in [5, 5.41) is 10.1. The number of aliphatic hydroxyl groups excluding tert-OH is 1. The lowest BCUT2D eigenvalue weighted by Crippen LogP contribution is -2.11. The van der Waals surface area contributed by atoms with Crippen molar-refractivity contribution in [2.45, 2.75) is 45.6 Å². The summed E-state index contributed by atoms with van der Waals surface area (Å²) in [6.45, 7) is 4.34. The van der Waals surface area contributed by atoms with E-state index in [0.717, 1.165) is 18.4 Å². The monoisotopic (exact) mass is 195 g/mol. The fraction of sp³-hybridized carbons (Fsp3) is 0.667. The molecule has 2 N–H and O–H groups in total. The summed E-state index contributed by atoms with van der Waals surface area (Å²) >= 11 is 0. The quantitative estimate of drug-likeness (QED) is 0.718. The molecule has 0 fully saturated rings. The highest BCUT2D eigenvalue weighted by Crippen LogP contribution is 2.28. The van der Waals surface area contributed by atoms with Crippen LogP contribution in [0.4, 0.5) is 0 Å². The molecule has 0 radical (unpaired) electrons. The number of H-pyrrole nitrogens is 1. The smallest absolute Gasteiger partial charge is 0.0832 e. The van der Waals surface area contributed by atoms with E-state index in [9.17, 15) is 5.11 Å². The van der Waals surface area contributed by atoms with Gasteiger partial charge in [0, 0.05) is 12.4 Å². The topological polar surface area (TPSA) is 36.0 Å². The first kappa shape index (κ1) is 11.3. The SMILES string of the molecule is CCCCC(CC)C(O)c1cc[nH]c1. The van der Waals surface area contributed by atoms with Gasteiger partial charge in [-0.2, -0.15) is 0 Å². The van der Waals surface area contributed by atoms with Gasteiger partial charge in [0.25, 0.3) is 0 Å². The van der Waals surface area contributed by atoms with Gasteiger partial charge in [0.2, 0.25) is 0 Å². The zero-order chi connectivity index (χ0) is 10.4. The van der Waals surface area contributed by atoms with Gasteiger partial charge in [-0.25, -0.2) is 0 Å². The highest BCUT2D eigenvalue weighted by Gasteiger charge is 2.18. The molecule has 1 aromatic heterocycles. The number of aromatic nitrogens is 1. The molecule has 0 saturated carbocycles. The van der Waals surface area contributed by atoms with Gasteiger partial charge < -0.3 is 10.1 Å². The molecule has 0 saturated heterocycles. The van der Waals surface area contributed by atoms with Crippen LogP contribution in [0.5, 0.6) is 0 Å². The second-order valence-corrected chi connectivity index (χ2v) is 3.90. The Labute approximate surface area is 86.4 Å². The van der Waals surface area contributed by atoms with E-state index >= 15 is 0 Å². The maximum absolute atomic E-state index is 10.1. The number of aliphatic hydroxyl groups is 1. The van der Waals surface area contributed by atoms with Crippen LogP contribution in [0.1, 0.15) is 51.2 Å². The molecule has 1 aromatic rings. The predicted molar refractivity (Wildman–Crippen MR) is 59.1 cm³/mol. The molecule has 14 heavy (non-hydrogen) atoms. The lowest BCUT2D eigenvalue weighted by molar-refractivity contribution is 0.0990. The van der Waals surface area contributed by atoms with Crippen molar-refractivity contribution < 1.29 is 5.11 Å². The van der Waals surface area contributed by atoms with Gasteiger partial charge in [-0.1, -0.05) is 33.1 Å². The van der Waals surface area contributed by atoms with E-state index in [0.29, 0.717) is 5.92 Å². The van der Waals surface area contributed by atoms with Crippen molar-refractivity contribution in [2.24, 2.45) is 5.92 Å². The molecule has 0 spiro atoms. The van der Waals surface area contributed by atoms with E-state index < -0.39 is 0 Å². The molecule has 1 rings (SSSR count). The zero-order valence-corrected chi connectivity index (χ0v) is 9.16. The van der Waals surface area contributed by atoms with Crippen molar-refractivity contribution in [3.63, 3.8) is 0 Å². The second kappa shape index (κ2) is 5.86. The highest BCUT2D eigenvalue weighted by molar-refractivity contribution is 5.12. The third-order valence-corrected chi connectivity index (χ3v) is 2.86. The van der Waals surface area contributed by atoms with Crippen molar-refractivity contribution in [1.82, 2.24) is 4.98 Å². The van der Waals surface area contributed by atoms with E-state index in [1.807, 2.05) is 18.5 Å². The minimum Gasteiger partial charge on any atom is -0.388 e. The van der Waals surface area contributed by atoms with Gasteiger partial charge in [0.1, 0.15) is 0 Å². The fourth-order valence-corrected chi connectivity index (χ4v) is 1.84. The molecular formula is C12H21NO. The van der Waals surface area contributed by atoms with Gasteiger partial charge in [-0.15, -0.1) is 0 Å². The highest BCUT2D eigenvalue weighted by atomic mass is 16.3. The van der Waals surface area contributed by atoms with Crippen molar-refractivity contribution in [3.8, 4) is 0 Å². The van der Waals surface area contributed by atoms with Crippen LogP contribution in [0, 0.1) is 5.92 Å². The summed E-state index contributed by atoms with van der Waals surface area (Å²) in [7, 11) is 0. The lowest BCUT2D eigenvalue weighted by atomic mass is 9.90. The van der Waals surface area contributed by atoms with Crippen molar-refractivity contribution in [1.29, 1.82) is 0 Å². The van der Waals surface area contributed by atoms with Gasteiger partial charge in [-0.3, -0.25) is 0 Å². The largest absolute Gasteiger partial charge is 0.388 e. The number of hydrogen-bond donors (Lipinski definition) is 2. The number of rotatable bonds is 6. The summed E-state index contributed by atoms with van der Waals surface area (Å²) in [6, 6.07) is 1.96. The van der Waals surface area contributed by atoms with E-state index in [-0.39, 0.29) is 6.10 Å². The molecule has 2 nitrogen and oxygen atoms in total. The Hall–Kier alpha value is -0.760. The third kappa shape index (κ3) is 2.88. The van der Waals surface area contributed by atoms with E-state index in [1.54, 1.807) is 0 Å². The van der Waals surface area contributed by atoms with Crippen LogP contribution in [0.15, 0.2) is 18.5 Å². The summed E-state index contributed by atoms with van der Waals surface area (Å²) < 4.78 is 0. The lowest BCUT2D eigenvalue weighted by Gasteiger charge is -2.20. The van der Waals surface area contributed by atoms with Crippen LogP contribution in [0.3, 0.4) is 0 Å². The van der Waals surface area contributed by atoms with Gasteiger partial charge in [0.15, 0.2) is 0 Å². The first-order valence-corrected chi connectivity index (χ1v) is 5.60. The Kier molecular flexibility index (Phi) is 4.74. The van der Waals surface area contributed by atoms with Gasteiger partial charge in [-0.05, 0) is 24.0 Å². The number of unbranched alkanes of at least 4 members (excludes halogenated alkanes) is 1. The normalized spacial score (nSPS) is 15.4. The molecule has 1 heterocycles. The summed E-state index contributed by atoms with van der Waals surface area (Å²) in [5.74, 6) is 0.408. The molecule has 80 valence electrons. The van der Waals surface area contributed by atoms with Crippen molar-refractivity contribution >= 4 is 0 Å². The molecule has 0 amide bonds. The Morgan fingerprint density at radius 2 is 2.21 bits per heavy atom. The van der Waals surface area contributed by atoms with Crippen molar-refractivity contribution in [3.05, 3.63) is 24.0 Å². The molecular weight excluding hydrogens is 174 g/mol. The second-order valence-electron chi connectivity index (χ2n) is 3.90. The average molecular weight is 195 g/mol. The molecule has 0 aromatic carbocycles. The summed E-state index contributed by atoms with van der Waals surface area (Å²) in [5.41, 5.74) is 1.02. The maximum Gasteiger partial charge on any atom is 0.0832 e. The summed E-state index contributed by atoms with van der Waals surface area (Å²) in [4.78, 5) is 2.99. The van der Waals surface area contributed by atoms with Gasteiger partial charge >= 0.3 is 0 Å². The molecule has 2 heteroatoms. The zero-order valence-electron chi connectivity index (χ0n) is 9.16. The minimum atomic E-state index is -0.294. The molecule has 2 atom stereocenters. The molecule has 0 bridgehead atoms. The fourth-order valence-electron chi connectivity index (χ4n) is 1.84. The summed E-state index contributed by atoms with van der Waals surface area (Å²) in [6.07, 6.45) is 8.05. The average Bonchev–Trinajstić information content (AvgIpc) is 2.71. The molecule has 0 aliphatic heterocycles. The first-order valence-electron chi connectivity index (χ1n) is 5.60. The van der Waals surface area contributed by atoms with Crippen LogP contribution in [-0.4, -0.2) is 10.1 Å². The molecule has 0 aliphatic carbocycles. The Morgan fingerprint density at radius 3 is 2.71 bits per heavy atom. The van der Waals surface area contributed by atoms with Gasteiger partial charge in [0.05, 0.1) is 6.10 Å². The Balaban J connectivity index is 2.51. The predicted octanol–water partition coefficient (Wildman–Crippen LogP) is 3.26. The Bertz CT molecular complexity index is 230. The van der Waals surface area contributed by atoms with Crippen LogP contribution in [-0.2, 0) is 0 Å². The van der Waals surface area contributed by atoms with Crippen LogP contribution in [0.25, 0.3) is 0 Å². The van der Waals surface area contributed by atoms with Crippen LogP contribution in [0.2, 0.25) is 0 Å². The van der Waals surface area contributed by atoms with E-state index in [4.69, 9.17) is 0 Å². The molecule has 0 aliphatic rings. The Morgan fingerprint density at radius 1 is 1.43 bits per heavy atom. The minimum absolute atomic E-state index is 0.294. The molecule has 2 unspecified atom stereocenters. The van der Waals surface area contributed by atoms with E-state index in [1.165, 1.54) is 12.8 Å². The number of nitrogens with one attached hydrogen (secondary N) is 1. The number of hydrogen-bond acceptors (Lipinski definition) is 1. The van der Waals surface area contributed by atoms with Crippen molar-refractivity contribution in [2.75, 3.05) is 0 Å². The third-order valence-electron chi connectivity index (χ3n) is 2.86. The number of aromatic amines is 1. The van der Waals surface area contributed by atoms with Crippen LogP contribution < -0.4 is 0 Å². The van der Waals surface area contributed by atoms with Crippen LogP contribution >= 0.6 is 0 Å². The first-order chi connectivity index (χ1) is 6.79. The maximum atomic E-state index is 10.1. The van der Waals surface area contributed by atoms with E-state index in [2.05, 4.69) is 18.8 Å². The standard InChI is InChI=1S/C12H21NO/c1-3-5-6-10(4-2)12(14)11-7-8-13-9-11/h7-10,12-14H,3-6H2,1-2H3.